The Morgan fingerprint density at radius 3 is 2.56 bits per heavy atom. The van der Waals surface area contributed by atoms with Crippen LogP contribution in [0.3, 0.4) is 0 Å². The molecule has 5 N–H and O–H groups in total. The van der Waals surface area contributed by atoms with E-state index in [0.29, 0.717) is 5.56 Å². The third-order valence-electron chi connectivity index (χ3n) is 2.35. The third-order valence-corrected chi connectivity index (χ3v) is 2.73. The van der Waals surface area contributed by atoms with Gasteiger partial charge in [0.1, 0.15) is 0 Å². The lowest BCUT2D eigenvalue weighted by molar-refractivity contribution is -0.138. The summed E-state index contributed by atoms with van der Waals surface area (Å²) in [6.45, 7) is 1.45. The van der Waals surface area contributed by atoms with Crippen molar-refractivity contribution in [3.63, 3.8) is 0 Å². The molecular weight excluding hydrogens is 234 g/mol. The number of hydrogen-bond acceptors (Lipinski definition) is 4. The van der Waals surface area contributed by atoms with Gasteiger partial charge in [-0.1, -0.05) is 11.6 Å². The van der Waals surface area contributed by atoms with Gasteiger partial charge < -0.3 is 21.1 Å². The SMILES string of the molecule is Cc1cc(O)c(O)c(Cl)c1C(CN)C(=O)O. The smallest absolute Gasteiger partial charge is 0.312 e. The third kappa shape index (κ3) is 2.05. The van der Waals surface area contributed by atoms with Gasteiger partial charge in [0.2, 0.25) is 0 Å². The molecule has 0 aliphatic carbocycles. The average Bonchev–Trinajstić information content (AvgIpc) is 2.20. The van der Waals surface area contributed by atoms with Crippen LogP contribution in [-0.2, 0) is 4.79 Å². The van der Waals surface area contributed by atoms with Crippen LogP contribution in [0, 0.1) is 6.92 Å². The van der Waals surface area contributed by atoms with Crippen LogP contribution in [0.2, 0.25) is 5.02 Å². The van der Waals surface area contributed by atoms with E-state index in [1.807, 2.05) is 0 Å². The van der Waals surface area contributed by atoms with Crippen LogP contribution in [0.1, 0.15) is 17.0 Å². The molecule has 0 radical (unpaired) electrons. The van der Waals surface area contributed by atoms with Gasteiger partial charge in [0.05, 0.1) is 10.9 Å². The Bertz CT molecular complexity index is 433. The molecule has 1 rings (SSSR count). The number of aromatic hydroxyl groups is 2. The highest BCUT2D eigenvalue weighted by atomic mass is 35.5. The standard InChI is InChI=1S/C10H12ClNO4/c1-4-2-6(13)9(14)8(11)7(4)5(3-12)10(15)16/h2,5,13-14H,3,12H2,1H3,(H,15,16). The van der Waals surface area contributed by atoms with Gasteiger partial charge in [-0.15, -0.1) is 0 Å². The van der Waals surface area contributed by atoms with Crippen molar-refractivity contribution in [2.45, 2.75) is 12.8 Å². The Labute approximate surface area is 97.1 Å². The fraction of sp³-hybridized carbons (Fsp3) is 0.300. The van der Waals surface area contributed by atoms with Crippen molar-refractivity contribution < 1.29 is 20.1 Å². The fourth-order valence-electron chi connectivity index (χ4n) is 1.53. The van der Waals surface area contributed by atoms with Crippen LogP contribution in [0.25, 0.3) is 0 Å². The molecule has 0 saturated carbocycles. The molecule has 0 saturated heterocycles. The second-order valence-electron chi connectivity index (χ2n) is 3.42. The molecule has 0 amide bonds. The number of phenolic OH excluding ortho intramolecular Hbond substituents is 2. The van der Waals surface area contributed by atoms with E-state index in [1.165, 1.54) is 6.07 Å². The molecule has 1 atom stereocenters. The molecule has 0 bridgehead atoms. The van der Waals surface area contributed by atoms with Crippen molar-refractivity contribution in [1.29, 1.82) is 0 Å². The zero-order chi connectivity index (χ0) is 12.5. The molecule has 88 valence electrons. The summed E-state index contributed by atoms with van der Waals surface area (Å²) in [4.78, 5) is 10.9. The van der Waals surface area contributed by atoms with Crippen LogP contribution >= 0.6 is 11.6 Å². The fourth-order valence-corrected chi connectivity index (χ4v) is 1.91. The summed E-state index contributed by atoms with van der Waals surface area (Å²) in [7, 11) is 0. The van der Waals surface area contributed by atoms with Gasteiger partial charge in [-0.05, 0) is 24.1 Å². The molecule has 6 heteroatoms. The first-order valence-corrected chi connectivity index (χ1v) is 4.91. The first kappa shape index (κ1) is 12.6. The van der Waals surface area contributed by atoms with E-state index in [1.54, 1.807) is 6.92 Å². The van der Waals surface area contributed by atoms with E-state index in [4.69, 9.17) is 22.4 Å². The average molecular weight is 246 g/mol. The zero-order valence-electron chi connectivity index (χ0n) is 8.57. The first-order valence-electron chi connectivity index (χ1n) is 4.54. The number of rotatable bonds is 3. The van der Waals surface area contributed by atoms with Crippen molar-refractivity contribution in [3.8, 4) is 11.5 Å². The Balaban J connectivity index is 3.43. The topological polar surface area (TPSA) is 104 Å². The Morgan fingerprint density at radius 2 is 2.12 bits per heavy atom. The van der Waals surface area contributed by atoms with Crippen molar-refractivity contribution in [3.05, 3.63) is 22.2 Å². The zero-order valence-corrected chi connectivity index (χ0v) is 9.32. The van der Waals surface area contributed by atoms with E-state index >= 15 is 0 Å². The molecule has 1 aromatic rings. The number of phenols is 2. The predicted octanol–water partition coefficient (Wildman–Crippen LogP) is 1.19. The van der Waals surface area contributed by atoms with Crippen LogP contribution in [0.5, 0.6) is 11.5 Å². The molecule has 0 fully saturated rings. The predicted molar refractivity (Wildman–Crippen MR) is 58.9 cm³/mol. The highest BCUT2D eigenvalue weighted by Crippen LogP contribution is 2.40. The second-order valence-corrected chi connectivity index (χ2v) is 3.79. The van der Waals surface area contributed by atoms with Gasteiger partial charge in [-0.25, -0.2) is 0 Å². The van der Waals surface area contributed by atoms with E-state index in [2.05, 4.69) is 0 Å². The molecule has 0 heterocycles. The van der Waals surface area contributed by atoms with Gasteiger partial charge in [-0.3, -0.25) is 4.79 Å². The summed E-state index contributed by atoms with van der Waals surface area (Å²) < 4.78 is 0. The maximum absolute atomic E-state index is 10.9. The van der Waals surface area contributed by atoms with E-state index in [9.17, 15) is 15.0 Å². The number of hydrogen-bond donors (Lipinski definition) is 4. The molecule has 1 aromatic carbocycles. The number of halogens is 1. The number of aliphatic carboxylic acids is 1. The molecule has 0 spiro atoms. The van der Waals surface area contributed by atoms with Gasteiger partial charge in [0, 0.05) is 6.54 Å². The summed E-state index contributed by atoms with van der Waals surface area (Å²) in [5, 5.41) is 27.5. The first-order chi connectivity index (χ1) is 7.40. The number of carboxylic acids is 1. The Hall–Kier alpha value is -1.46. The van der Waals surface area contributed by atoms with Crippen LogP contribution < -0.4 is 5.73 Å². The van der Waals surface area contributed by atoms with Crippen molar-refractivity contribution in [2.24, 2.45) is 5.73 Å². The van der Waals surface area contributed by atoms with Crippen LogP contribution in [0.4, 0.5) is 0 Å². The van der Waals surface area contributed by atoms with Gasteiger partial charge >= 0.3 is 5.97 Å². The van der Waals surface area contributed by atoms with Gasteiger partial charge in [0.15, 0.2) is 11.5 Å². The van der Waals surface area contributed by atoms with Crippen molar-refractivity contribution in [2.75, 3.05) is 6.54 Å². The monoisotopic (exact) mass is 245 g/mol. The Kier molecular flexibility index (Phi) is 3.62. The molecule has 16 heavy (non-hydrogen) atoms. The van der Waals surface area contributed by atoms with E-state index in [-0.39, 0.29) is 22.9 Å². The van der Waals surface area contributed by atoms with Crippen LogP contribution in [-0.4, -0.2) is 27.8 Å². The minimum absolute atomic E-state index is 0.139. The van der Waals surface area contributed by atoms with Crippen molar-refractivity contribution >= 4 is 17.6 Å². The summed E-state index contributed by atoms with van der Waals surface area (Å²) >= 11 is 5.79. The van der Waals surface area contributed by atoms with E-state index in [0.717, 1.165) is 0 Å². The Morgan fingerprint density at radius 1 is 1.56 bits per heavy atom. The van der Waals surface area contributed by atoms with Gasteiger partial charge in [0.25, 0.3) is 0 Å². The van der Waals surface area contributed by atoms with Crippen molar-refractivity contribution in [1.82, 2.24) is 0 Å². The second kappa shape index (κ2) is 4.59. The lowest BCUT2D eigenvalue weighted by Gasteiger charge is -2.16. The lowest BCUT2D eigenvalue weighted by atomic mass is 9.94. The number of carbonyl (C=O) groups is 1. The summed E-state index contributed by atoms with van der Waals surface area (Å²) in [5.41, 5.74) is 6.05. The lowest BCUT2D eigenvalue weighted by Crippen LogP contribution is -2.22. The maximum Gasteiger partial charge on any atom is 0.312 e. The largest absolute Gasteiger partial charge is 0.504 e. The number of nitrogens with two attached hydrogens (primary N) is 1. The molecule has 0 aliphatic heterocycles. The number of carboxylic acid groups (broad SMARTS) is 1. The minimum Gasteiger partial charge on any atom is -0.504 e. The quantitative estimate of drug-likeness (QED) is 0.599. The normalized spacial score (nSPS) is 12.4. The van der Waals surface area contributed by atoms with E-state index < -0.39 is 17.6 Å². The highest BCUT2D eigenvalue weighted by Gasteiger charge is 2.25. The summed E-state index contributed by atoms with van der Waals surface area (Å²) in [6, 6.07) is 1.25. The summed E-state index contributed by atoms with van der Waals surface area (Å²) in [6.07, 6.45) is 0. The molecular formula is C10H12ClNO4. The van der Waals surface area contributed by atoms with Gasteiger partial charge in [-0.2, -0.15) is 0 Å². The molecule has 0 aromatic heterocycles. The molecule has 5 nitrogen and oxygen atoms in total. The summed E-state index contributed by atoms with van der Waals surface area (Å²) in [5.74, 6) is -3.04. The number of benzene rings is 1. The molecule has 0 aliphatic rings. The molecule has 1 unspecified atom stereocenters. The highest BCUT2D eigenvalue weighted by molar-refractivity contribution is 6.33. The number of aryl methyl sites for hydroxylation is 1. The minimum atomic E-state index is -1.13. The maximum atomic E-state index is 10.9. The van der Waals surface area contributed by atoms with Crippen LogP contribution in [0.15, 0.2) is 6.07 Å².